The molecule has 0 aliphatic carbocycles. The highest BCUT2D eigenvalue weighted by atomic mass is 16.5. The standard InChI is InChI=1S/C46H48O6/c47-45(35-18-9-7-10-19-35)39-26-24-37-29-41(39)51-43(45)22-13-5-3-1-2-4-6-14-23-44-46(48,36-20-11-8-12-21-36)40-27-25-38(30-42(40)52-44)50-32-34-17-15-16-33(28-34)31-49-37/h7-12,15-21,24-30,43-44,47-48H,1-6,13-14,22-23,31-32H2. The van der Waals surface area contributed by atoms with Gasteiger partial charge in [-0.2, -0.15) is 0 Å². The molecule has 4 unspecified atom stereocenters. The van der Waals surface area contributed by atoms with Crippen molar-refractivity contribution in [1.82, 2.24) is 0 Å². The van der Waals surface area contributed by atoms with E-state index in [0.29, 0.717) is 36.2 Å². The molecule has 0 saturated carbocycles. The second-order valence-corrected chi connectivity index (χ2v) is 14.6. The summed E-state index contributed by atoms with van der Waals surface area (Å²) in [5.74, 6) is 2.75. The third-order valence-electron chi connectivity index (χ3n) is 11.1. The molecule has 3 aliphatic heterocycles. The van der Waals surface area contributed by atoms with Crippen molar-refractivity contribution < 1.29 is 29.2 Å². The zero-order valence-corrected chi connectivity index (χ0v) is 29.7. The normalized spacial score (nSPS) is 25.0. The Bertz CT molecular complexity index is 1820. The molecule has 0 amide bonds. The molecule has 3 aliphatic rings. The third-order valence-corrected chi connectivity index (χ3v) is 11.1. The van der Waals surface area contributed by atoms with Crippen molar-refractivity contribution in [2.24, 2.45) is 0 Å². The molecule has 0 saturated heterocycles. The number of rotatable bonds is 2. The molecule has 4 atom stereocenters. The summed E-state index contributed by atoms with van der Waals surface area (Å²) >= 11 is 0. The minimum absolute atomic E-state index is 0.372. The Kier molecular flexibility index (Phi) is 9.94. The Balaban J connectivity index is 1.03. The zero-order chi connectivity index (χ0) is 35.4. The second-order valence-electron chi connectivity index (χ2n) is 14.6. The van der Waals surface area contributed by atoms with Gasteiger partial charge in [-0.15, -0.1) is 0 Å². The van der Waals surface area contributed by atoms with Crippen molar-refractivity contribution in [2.75, 3.05) is 0 Å². The SMILES string of the molecule is OC1(c2ccccc2)c2ccc3cc2OC1CCCCCCCCCCC1Oc2cc(ccc2C1(O)c1ccccc1)OCc1cccc(c1)CO3. The van der Waals surface area contributed by atoms with Gasteiger partial charge in [-0.05, 0) is 78.3 Å². The highest BCUT2D eigenvalue weighted by molar-refractivity contribution is 5.54. The molecule has 2 N–H and O–H groups in total. The third kappa shape index (κ3) is 6.78. The molecule has 0 fully saturated rings. The van der Waals surface area contributed by atoms with E-state index in [1.807, 2.05) is 115 Å². The van der Waals surface area contributed by atoms with Crippen molar-refractivity contribution in [3.8, 4) is 23.0 Å². The largest absolute Gasteiger partial charge is 0.489 e. The lowest BCUT2D eigenvalue weighted by atomic mass is 9.81. The fourth-order valence-electron chi connectivity index (χ4n) is 8.30. The second kappa shape index (κ2) is 15.1. The molecule has 0 radical (unpaired) electrons. The summed E-state index contributed by atoms with van der Waals surface area (Å²) in [5.41, 5.74) is 2.88. The van der Waals surface area contributed by atoms with Crippen LogP contribution >= 0.6 is 0 Å². The van der Waals surface area contributed by atoms with Gasteiger partial charge in [0.15, 0.2) is 11.2 Å². The van der Waals surface area contributed by atoms with Gasteiger partial charge in [-0.1, -0.05) is 117 Å². The summed E-state index contributed by atoms with van der Waals surface area (Å²) in [4.78, 5) is 0. The van der Waals surface area contributed by atoms with E-state index in [-0.39, 0.29) is 12.2 Å². The smallest absolute Gasteiger partial charge is 0.155 e. The first-order valence-corrected chi connectivity index (χ1v) is 19.0. The fourth-order valence-corrected chi connectivity index (χ4v) is 8.30. The first-order chi connectivity index (χ1) is 25.5. The molecule has 0 spiro atoms. The number of benzene rings is 5. The number of ether oxygens (including phenoxy) is 4. The van der Waals surface area contributed by atoms with Gasteiger partial charge in [-0.25, -0.2) is 0 Å². The van der Waals surface area contributed by atoms with Crippen LogP contribution in [0.25, 0.3) is 0 Å². The molecule has 5 aromatic rings. The summed E-state index contributed by atoms with van der Waals surface area (Å²) < 4.78 is 25.6. The molecule has 6 heteroatoms. The van der Waals surface area contributed by atoms with Gasteiger partial charge in [0.25, 0.3) is 0 Å². The molecular formula is C46H48O6. The van der Waals surface area contributed by atoms with E-state index >= 15 is 0 Å². The van der Waals surface area contributed by atoms with Crippen molar-refractivity contribution in [1.29, 1.82) is 0 Å². The molecule has 0 aromatic heterocycles. The van der Waals surface area contributed by atoms with E-state index < -0.39 is 11.2 Å². The van der Waals surface area contributed by atoms with E-state index in [9.17, 15) is 10.2 Å². The van der Waals surface area contributed by atoms with Crippen LogP contribution in [0.3, 0.4) is 0 Å². The maximum absolute atomic E-state index is 12.3. The number of hydrogen-bond acceptors (Lipinski definition) is 6. The van der Waals surface area contributed by atoms with Crippen LogP contribution in [0.4, 0.5) is 0 Å². The van der Waals surface area contributed by atoms with Gasteiger partial charge in [0, 0.05) is 23.3 Å². The van der Waals surface area contributed by atoms with Crippen molar-refractivity contribution >= 4 is 0 Å². The maximum Gasteiger partial charge on any atom is 0.155 e. The van der Waals surface area contributed by atoms with Crippen LogP contribution in [-0.4, -0.2) is 22.4 Å². The van der Waals surface area contributed by atoms with Crippen molar-refractivity contribution in [2.45, 2.75) is 101 Å². The lowest BCUT2D eigenvalue weighted by molar-refractivity contribution is -0.0111. The van der Waals surface area contributed by atoms with Gasteiger partial charge in [0.05, 0.1) is 0 Å². The molecule has 8 rings (SSSR count). The van der Waals surface area contributed by atoms with Gasteiger partial charge in [0.2, 0.25) is 0 Å². The summed E-state index contributed by atoms with van der Waals surface area (Å²) in [5, 5.41) is 24.6. The number of hydrogen-bond donors (Lipinski definition) is 2. The van der Waals surface area contributed by atoms with Crippen LogP contribution in [0.5, 0.6) is 23.0 Å². The summed E-state index contributed by atoms with van der Waals surface area (Å²) in [7, 11) is 0. The number of aliphatic hydroxyl groups is 2. The maximum atomic E-state index is 12.3. The molecule has 52 heavy (non-hydrogen) atoms. The predicted molar refractivity (Wildman–Crippen MR) is 202 cm³/mol. The van der Waals surface area contributed by atoms with Gasteiger partial charge < -0.3 is 29.2 Å². The molecule has 6 nitrogen and oxygen atoms in total. The summed E-state index contributed by atoms with van der Waals surface area (Å²) in [6.07, 6.45) is 9.61. The Morgan fingerprint density at radius 1 is 0.442 bits per heavy atom. The Morgan fingerprint density at radius 3 is 1.31 bits per heavy atom. The molecule has 3 heterocycles. The average Bonchev–Trinajstić information content (AvgIpc) is 3.64. The first-order valence-electron chi connectivity index (χ1n) is 19.0. The van der Waals surface area contributed by atoms with Crippen LogP contribution < -0.4 is 18.9 Å². The molecular weight excluding hydrogens is 649 g/mol. The van der Waals surface area contributed by atoms with E-state index in [1.165, 1.54) is 12.8 Å². The van der Waals surface area contributed by atoms with Gasteiger partial charge in [0.1, 0.15) is 48.4 Å². The summed E-state index contributed by atoms with van der Waals surface area (Å²) in [6.45, 7) is 0.760. The minimum atomic E-state index is -1.22. The topological polar surface area (TPSA) is 77.4 Å². The van der Waals surface area contributed by atoms with Crippen molar-refractivity contribution in [3.63, 3.8) is 0 Å². The van der Waals surface area contributed by atoms with E-state index in [2.05, 4.69) is 6.07 Å². The average molecular weight is 697 g/mol. The lowest BCUT2D eigenvalue weighted by Crippen LogP contribution is -2.39. The zero-order valence-electron chi connectivity index (χ0n) is 29.7. The highest BCUT2D eigenvalue weighted by Crippen LogP contribution is 2.50. The van der Waals surface area contributed by atoms with Crippen LogP contribution in [0.1, 0.15) is 97.6 Å². The van der Waals surface area contributed by atoms with Gasteiger partial charge in [-0.3, -0.25) is 0 Å². The minimum Gasteiger partial charge on any atom is -0.489 e. The summed E-state index contributed by atoms with van der Waals surface area (Å²) in [6, 6.07) is 39.6. The fraction of sp³-hybridized carbons (Fsp3) is 0.348. The molecule has 8 bridgehead atoms. The van der Waals surface area contributed by atoms with Crippen LogP contribution in [0.2, 0.25) is 0 Å². The van der Waals surface area contributed by atoms with Crippen molar-refractivity contribution in [3.05, 3.63) is 155 Å². The highest BCUT2D eigenvalue weighted by Gasteiger charge is 2.50. The number of fused-ring (bicyclic) bond motifs is 6. The molecule has 268 valence electrons. The van der Waals surface area contributed by atoms with E-state index in [0.717, 1.165) is 84.7 Å². The van der Waals surface area contributed by atoms with E-state index in [4.69, 9.17) is 18.9 Å². The quantitative estimate of drug-likeness (QED) is 0.191. The lowest BCUT2D eigenvalue weighted by Gasteiger charge is -2.29. The van der Waals surface area contributed by atoms with Crippen LogP contribution in [0.15, 0.2) is 121 Å². The Hall–Kier alpha value is -4.78. The van der Waals surface area contributed by atoms with Crippen LogP contribution in [-0.2, 0) is 24.4 Å². The Morgan fingerprint density at radius 2 is 0.865 bits per heavy atom. The predicted octanol–water partition coefficient (Wildman–Crippen LogP) is 9.75. The van der Waals surface area contributed by atoms with E-state index in [1.54, 1.807) is 0 Å². The molecule has 5 aromatic carbocycles. The Labute approximate surface area is 307 Å². The first kappa shape index (κ1) is 34.3. The monoisotopic (exact) mass is 696 g/mol. The van der Waals surface area contributed by atoms with Gasteiger partial charge >= 0.3 is 0 Å². The van der Waals surface area contributed by atoms with Crippen LogP contribution in [0, 0.1) is 0 Å².